The van der Waals surface area contributed by atoms with Crippen LogP contribution >= 0.6 is 0 Å². The number of carbonyl (C=O) groups is 2. The Balaban J connectivity index is 1.89. The second-order valence-corrected chi connectivity index (χ2v) is 6.69. The van der Waals surface area contributed by atoms with Crippen molar-refractivity contribution in [2.75, 3.05) is 6.54 Å². The van der Waals surface area contributed by atoms with Gasteiger partial charge >= 0.3 is 5.97 Å². The van der Waals surface area contributed by atoms with Gasteiger partial charge in [-0.15, -0.1) is 0 Å². The van der Waals surface area contributed by atoms with Crippen LogP contribution in [0.15, 0.2) is 0 Å². The fraction of sp³-hybridized carbons (Fsp3) is 0.875. The number of carboxylic acids is 1. The minimum atomic E-state index is -0.872. The number of hydrogen-bond acceptors (Lipinski definition) is 3. The van der Waals surface area contributed by atoms with E-state index in [4.69, 9.17) is 0 Å². The van der Waals surface area contributed by atoms with Gasteiger partial charge in [0.2, 0.25) is 5.91 Å². The van der Waals surface area contributed by atoms with Gasteiger partial charge in [-0.2, -0.15) is 0 Å². The summed E-state index contributed by atoms with van der Waals surface area (Å²) >= 11 is 0. The summed E-state index contributed by atoms with van der Waals surface area (Å²) in [6.07, 6.45) is 8.72. The van der Waals surface area contributed by atoms with Crippen LogP contribution in [0.5, 0.6) is 0 Å². The normalized spacial score (nSPS) is 29.4. The van der Waals surface area contributed by atoms with E-state index < -0.39 is 23.4 Å². The van der Waals surface area contributed by atoms with Gasteiger partial charge < -0.3 is 15.5 Å². The molecule has 2 aliphatic rings. The van der Waals surface area contributed by atoms with Gasteiger partial charge in [0.1, 0.15) is 0 Å². The molecular weight excluding hydrogens is 270 g/mol. The Morgan fingerprint density at radius 3 is 2.10 bits per heavy atom. The highest BCUT2D eigenvalue weighted by Crippen LogP contribution is 2.31. The van der Waals surface area contributed by atoms with E-state index in [1.54, 1.807) is 0 Å². The van der Waals surface area contributed by atoms with Gasteiger partial charge in [0.25, 0.3) is 0 Å². The zero-order chi connectivity index (χ0) is 15.3. The summed E-state index contributed by atoms with van der Waals surface area (Å²) in [4.78, 5) is 23.6. The molecule has 2 saturated carbocycles. The fourth-order valence-corrected chi connectivity index (χ4v) is 3.69. The highest BCUT2D eigenvalue weighted by atomic mass is 16.4. The average Bonchev–Trinajstić information content (AvgIpc) is 2.70. The van der Waals surface area contributed by atoms with Crippen LogP contribution in [0.25, 0.3) is 0 Å². The van der Waals surface area contributed by atoms with E-state index >= 15 is 0 Å². The first-order valence-electron chi connectivity index (χ1n) is 8.25. The zero-order valence-corrected chi connectivity index (χ0v) is 12.6. The molecular formula is C16H27NO4. The molecule has 2 fully saturated rings. The molecule has 1 amide bonds. The molecule has 5 heteroatoms. The Labute approximate surface area is 126 Å². The third kappa shape index (κ3) is 4.43. The maximum absolute atomic E-state index is 12.3. The van der Waals surface area contributed by atoms with Crippen molar-refractivity contribution in [3.8, 4) is 0 Å². The van der Waals surface area contributed by atoms with E-state index in [0.717, 1.165) is 51.4 Å². The average molecular weight is 297 g/mol. The third-order valence-corrected chi connectivity index (χ3v) is 5.05. The Hall–Kier alpha value is -1.10. The van der Waals surface area contributed by atoms with E-state index in [1.807, 2.05) is 0 Å². The highest BCUT2D eigenvalue weighted by molar-refractivity contribution is 5.84. The maximum Gasteiger partial charge on any atom is 0.307 e. The number of nitrogens with one attached hydrogen (secondary N) is 1. The first-order chi connectivity index (χ1) is 10.0. The molecule has 2 atom stereocenters. The van der Waals surface area contributed by atoms with Gasteiger partial charge in [-0.25, -0.2) is 0 Å². The fourth-order valence-electron chi connectivity index (χ4n) is 3.69. The van der Waals surface area contributed by atoms with E-state index in [-0.39, 0.29) is 12.5 Å². The number of aliphatic hydroxyl groups is 1. The number of aliphatic carboxylic acids is 1. The van der Waals surface area contributed by atoms with Crippen molar-refractivity contribution in [1.29, 1.82) is 0 Å². The molecule has 5 nitrogen and oxygen atoms in total. The summed E-state index contributed by atoms with van der Waals surface area (Å²) in [5.41, 5.74) is -0.806. The first-order valence-corrected chi connectivity index (χ1v) is 8.25. The Kier molecular flexibility index (Phi) is 5.62. The lowest BCUT2D eigenvalue weighted by molar-refractivity contribution is -0.149. The molecule has 0 aromatic carbocycles. The van der Waals surface area contributed by atoms with Crippen molar-refractivity contribution in [3.63, 3.8) is 0 Å². The van der Waals surface area contributed by atoms with Crippen LogP contribution in [0.3, 0.4) is 0 Å². The van der Waals surface area contributed by atoms with Gasteiger partial charge in [0, 0.05) is 6.54 Å². The number of rotatable bonds is 4. The molecule has 0 saturated heterocycles. The van der Waals surface area contributed by atoms with Crippen molar-refractivity contribution < 1.29 is 19.8 Å². The van der Waals surface area contributed by atoms with Gasteiger partial charge in [-0.05, 0) is 25.7 Å². The standard InChI is InChI=1S/C16H27NO4/c18-14(12-7-3-4-8-13(12)15(19)20)17-11-16(21)9-5-1-2-6-10-16/h12-13,21H,1-11H2,(H,17,18)(H,19,20)/t12-,13+/m1/s1. The van der Waals surface area contributed by atoms with Crippen LogP contribution in [0, 0.1) is 11.8 Å². The zero-order valence-electron chi connectivity index (χ0n) is 12.6. The second kappa shape index (κ2) is 7.25. The molecule has 2 rings (SSSR count). The van der Waals surface area contributed by atoms with Gasteiger partial charge in [-0.3, -0.25) is 9.59 Å². The van der Waals surface area contributed by atoms with Crippen LogP contribution in [0.1, 0.15) is 64.2 Å². The van der Waals surface area contributed by atoms with Crippen LogP contribution < -0.4 is 5.32 Å². The Morgan fingerprint density at radius 1 is 0.952 bits per heavy atom. The minimum Gasteiger partial charge on any atom is -0.481 e. The van der Waals surface area contributed by atoms with Gasteiger partial charge in [0.05, 0.1) is 17.4 Å². The topological polar surface area (TPSA) is 86.6 Å². The van der Waals surface area contributed by atoms with E-state index in [0.29, 0.717) is 12.8 Å². The molecule has 0 aromatic rings. The third-order valence-electron chi connectivity index (χ3n) is 5.05. The quantitative estimate of drug-likeness (QED) is 0.693. The predicted molar refractivity (Wildman–Crippen MR) is 78.7 cm³/mol. The van der Waals surface area contributed by atoms with Crippen molar-refractivity contribution >= 4 is 11.9 Å². The summed E-state index contributed by atoms with van der Waals surface area (Å²) in [6, 6.07) is 0. The lowest BCUT2D eigenvalue weighted by Crippen LogP contribution is -2.47. The molecule has 0 unspecified atom stereocenters. The van der Waals surface area contributed by atoms with E-state index in [2.05, 4.69) is 5.32 Å². The lowest BCUT2D eigenvalue weighted by atomic mass is 9.78. The smallest absolute Gasteiger partial charge is 0.307 e. The van der Waals surface area contributed by atoms with Crippen LogP contribution in [-0.2, 0) is 9.59 Å². The van der Waals surface area contributed by atoms with Crippen molar-refractivity contribution in [3.05, 3.63) is 0 Å². The molecule has 2 aliphatic carbocycles. The molecule has 3 N–H and O–H groups in total. The Morgan fingerprint density at radius 2 is 1.52 bits per heavy atom. The lowest BCUT2D eigenvalue weighted by Gasteiger charge is -2.31. The van der Waals surface area contributed by atoms with Crippen molar-refractivity contribution in [1.82, 2.24) is 5.32 Å². The van der Waals surface area contributed by atoms with Crippen molar-refractivity contribution in [2.45, 2.75) is 69.8 Å². The van der Waals surface area contributed by atoms with Gasteiger partial charge in [-0.1, -0.05) is 38.5 Å². The summed E-state index contributed by atoms with van der Waals surface area (Å²) in [7, 11) is 0. The summed E-state index contributed by atoms with van der Waals surface area (Å²) in [5, 5.41) is 22.6. The molecule has 0 radical (unpaired) electrons. The van der Waals surface area contributed by atoms with Crippen molar-refractivity contribution in [2.24, 2.45) is 11.8 Å². The maximum atomic E-state index is 12.3. The number of amides is 1. The van der Waals surface area contributed by atoms with E-state index in [1.165, 1.54) is 0 Å². The first kappa shape index (κ1) is 16.3. The molecule has 0 aliphatic heterocycles. The number of hydrogen-bond donors (Lipinski definition) is 3. The summed E-state index contributed by atoms with van der Waals surface area (Å²) < 4.78 is 0. The molecule has 0 bridgehead atoms. The highest BCUT2D eigenvalue weighted by Gasteiger charge is 2.37. The minimum absolute atomic E-state index is 0.195. The summed E-state index contributed by atoms with van der Waals surface area (Å²) in [5.74, 6) is -2.07. The molecule has 0 aromatic heterocycles. The molecule has 0 heterocycles. The summed E-state index contributed by atoms with van der Waals surface area (Å²) in [6.45, 7) is 0.259. The largest absolute Gasteiger partial charge is 0.481 e. The number of carbonyl (C=O) groups excluding carboxylic acids is 1. The van der Waals surface area contributed by atoms with E-state index in [9.17, 15) is 19.8 Å². The van der Waals surface area contributed by atoms with Crippen LogP contribution in [-0.4, -0.2) is 34.2 Å². The Bertz CT molecular complexity index is 374. The molecule has 21 heavy (non-hydrogen) atoms. The van der Waals surface area contributed by atoms with Crippen LogP contribution in [0.2, 0.25) is 0 Å². The SMILES string of the molecule is O=C(O)[C@H]1CCCC[C@H]1C(=O)NCC1(O)CCCCCC1. The monoisotopic (exact) mass is 297 g/mol. The predicted octanol–water partition coefficient (Wildman–Crippen LogP) is 2.08. The molecule has 120 valence electrons. The van der Waals surface area contributed by atoms with Crippen LogP contribution in [0.4, 0.5) is 0 Å². The number of carboxylic acid groups (broad SMARTS) is 1. The van der Waals surface area contributed by atoms with Gasteiger partial charge in [0.15, 0.2) is 0 Å². The second-order valence-electron chi connectivity index (χ2n) is 6.69. The molecule has 0 spiro atoms.